The zero-order valence-corrected chi connectivity index (χ0v) is 17.4. The lowest BCUT2D eigenvalue weighted by Crippen LogP contribution is -2.40. The minimum Gasteiger partial charge on any atom is -0.486 e. The van der Waals surface area contributed by atoms with Crippen molar-refractivity contribution in [3.8, 4) is 17.3 Å². The van der Waals surface area contributed by atoms with E-state index >= 15 is 0 Å². The summed E-state index contributed by atoms with van der Waals surface area (Å²) < 4.78 is 42.2. The Kier molecular flexibility index (Phi) is 4.98. The molecule has 2 aliphatic rings. The van der Waals surface area contributed by atoms with Gasteiger partial charge in [0, 0.05) is 37.1 Å². The van der Waals surface area contributed by atoms with E-state index in [1.54, 1.807) is 35.4 Å². The Bertz CT molecular complexity index is 1260. The quantitative estimate of drug-likeness (QED) is 0.580. The van der Waals surface area contributed by atoms with Gasteiger partial charge in [-0.1, -0.05) is 0 Å². The number of aromatic nitrogens is 4. The van der Waals surface area contributed by atoms with Crippen LogP contribution in [0.15, 0.2) is 58.7 Å². The van der Waals surface area contributed by atoms with E-state index in [1.807, 2.05) is 0 Å². The second-order valence-electron chi connectivity index (χ2n) is 7.40. The van der Waals surface area contributed by atoms with Gasteiger partial charge >= 0.3 is 0 Å². The maximum atomic E-state index is 13.4. The molecule has 11 heteroatoms. The molecule has 2 aromatic heterocycles. The Morgan fingerprint density at radius 1 is 1.10 bits per heavy atom. The highest BCUT2D eigenvalue weighted by molar-refractivity contribution is 7.89. The molecule has 31 heavy (non-hydrogen) atoms. The third-order valence-corrected chi connectivity index (χ3v) is 7.40. The van der Waals surface area contributed by atoms with Crippen molar-refractivity contribution in [2.45, 2.75) is 30.3 Å². The van der Waals surface area contributed by atoms with Gasteiger partial charge in [-0.3, -0.25) is 9.36 Å². The number of fused-ring (bicyclic) bond motifs is 1. The van der Waals surface area contributed by atoms with Crippen LogP contribution in [0.2, 0.25) is 0 Å². The van der Waals surface area contributed by atoms with Crippen molar-refractivity contribution >= 4 is 10.0 Å². The molecule has 1 aromatic carbocycles. The molecular weight excluding hydrogens is 422 g/mol. The van der Waals surface area contributed by atoms with Crippen LogP contribution in [0.4, 0.5) is 0 Å². The molecule has 3 aromatic rings. The van der Waals surface area contributed by atoms with Gasteiger partial charge in [0.15, 0.2) is 17.3 Å². The van der Waals surface area contributed by atoms with Crippen LogP contribution in [-0.2, 0) is 16.6 Å². The second kappa shape index (κ2) is 7.82. The number of hydrogen-bond donors (Lipinski definition) is 0. The predicted octanol–water partition coefficient (Wildman–Crippen LogP) is 1.05. The zero-order chi connectivity index (χ0) is 21.4. The van der Waals surface area contributed by atoms with Crippen molar-refractivity contribution < 1.29 is 17.9 Å². The van der Waals surface area contributed by atoms with E-state index in [0.29, 0.717) is 49.9 Å². The average Bonchev–Trinajstić information content (AvgIpc) is 3.47. The smallest absolute Gasteiger partial charge is 0.266 e. The Balaban J connectivity index is 1.42. The maximum Gasteiger partial charge on any atom is 0.266 e. The number of imidazole rings is 1. The van der Waals surface area contributed by atoms with Crippen molar-refractivity contribution in [3.63, 3.8) is 0 Å². The number of rotatable bonds is 5. The fraction of sp³-hybridized carbons (Fsp3) is 0.350. The summed E-state index contributed by atoms with van der Waals surface area (Å²) in [5.41, 5.74) is -0.285. The van der Waals surface area contributed by atoms with E-state index in [-0.39, 0.29) is 23.0 Å². The normalized spacial score (nSPS) is 18.9. The Labute approximate surface area is 178 Å². The lowest BCUT2D eigenvalue weighted by Gasteiger charge is -2.25. The van der Waals surface area contributed by atoms with Crippen molar-refractivity contribution in [2.75, 3.05) is 19.8 Å². The molecule has 1 fully saturated rings. The molecule has 0 N–H and O–H groups in total. The van der Waals surface area contributed by atoms with E-state index in [2.05, 4.69) is 10.1 Å². The third-order valence-electron chi connectivity index (χ3n) is 5.45. The van der Waals surface area contributed by atoms with Crippen molar-refractivity contribution in [1.82, 2.24) is 23.6 Å². The second-order valence-corrected chi connectivity index (χ2v) is 9.29. The van der Waals surface area contributed by atoms with Crippen LogP contribution < -0.4 is 15.0 Å². The van der Waals surface area contributed by atoms with Gasteiger partial charge < -0.3 is 9.47 Å². The van der Waals surface area contributed by atoms with Gasteiger partial charge in [0.1, 0.15) is 19.5 Å². The predicted molar refractivity (Wildman–Crippen MR) is 110 cm³/mol. The Morgan fingerprint density at radius 2 is 1.94 bits per heavy atom. The molecule has 4 heterocycles. The van der Waals surface area contributed by atoms with Crippen LogP contribution in [0.25, 0.3) is 5.82 Å². The summed E-state index contributed by atoms with van der Waals surface area (Å²) in [6, 6.07) is 7.32. The van der Waals surface area contributed by atoms with Crippen molar-refractivity contribution in [2.24, 2.45) is 0 Å². The minimum atomic E-state index is -3.77. The Morgan fingerprint density at radius 3 is 2.74 bits per heavy atom. The molecule has 0 radical (unpaired) electrons. The molecule has 0 aliphatic carbocycles. The van der Waals surface area contributed by atoms with E-state index in [0.717, 1.165) is 0 Å². The van der Waals surface area contributed by atoms with Gasteiger partial charge in [-0.2, -0.15) is 9.40 Å². The summed E-state index contributed by atoms with van der Waals surface area (Å²) in [6.07, 6.45) is 6.30. The van der Waals surface area contributed by atoms with Gasteiger partial charge in [-0.25, -0.2) is 18.1 Å². The fourth-order valence-electron chi connectivity index (χ4n) is 3.93. The average molecular weight is 443 g/mol. The van der Waals surface area contributed by atoms with Crippen LogP contribution in [0.5, 0.6) is 11.5 Å². The summed E-state index contributed by atoms with van der Waals surface area (Å²) >= 11 is 0. The number of nitrogens with zero attached hydrogens (tertiary/aromatic N) is 5. The molecule has 0 bridgehead atoms. The van der Waals surface area contributed by atoms with Gasteiger partial charge in [0.05, 0.1) is 11.4 Å². The molecule has 1 saturated heterocycles. The zero-order valence-electron chi connectivity index (χ0n) is 16.6. The summed E-state index contributed by atoms with van der Waals surface area (Å²) in [7, 11) is -3.77. The van der Waals surface area contributed by atoms with Gasteiger partial charge in [0.25, 0.3) is 5.56 Å². The molecule has 0 spiro atoms. The molecule has 10 nitrogen and oxygen atoms in total. The monoisotopic (exact) mass is 443 g/mol. The first kappa shape index (κ1) is 19.8. The highest BCUT2D eigenvalue weighted by atomic mass is 32.2. The Hall–Kier alpha value is -3.18. The standard InChI is InChI=1S/C20H21N5O5S/c26-20-6-5-19(23-9-7-21-14-23)22-24(20)13-15-2-1-8-25(15)31(27,28)16-3-4-17-18(12-16)30-11-10-29-17/h3-7,9,12,14-15H,1-2,8,10-11,13H2. The van der Waals surface area contributed by atoms with Crippen LogP contribution in [0.3, 0.4) is 0 Å². The summed E-state index contributed by atoms with van der Waals surface area (Å²) in [4.78, 5) is 16.5. The van der Waals surface area contributed by atoms with Crippen molar-refractivity contribution in [3.05, 3.63) is 59.4 Å². The van der Waals surface area contributed by atoms with E-state index in [9.17, 15) is 13.2 Å². The molecule has 0 saturated carbocycles. The van der Waals surface area contributed by atoms with Gasteiger partial charge in [0.2, 0.25) is 10.0 Å². The lowest BCUT2D eigenvalue weighted by molar-refractivity contribution is 0.171. The minimum absolute atomic E-state index is 0.149. The lowest BCUT2D eigenvalue weighted by atomic mass is 10.2. The molecule has 2 aliphatic heterocycles. The molecule has 0 amide bonds. The first-order valence-corrected chi connectivity index (χ1v) is 11.4. The summed E-state index contributed by atoms with van der Waals surface area (Å²) in [5, 5.41) is 4.39. The van der Waals surface area contributed by atoms with Gasteiger partial charge in [-0.05, 0) is 31.0 Å². The number of ether oxygens (including phenoxy) is 2. The van der Waals surface area contributed by atoms with E-state index in [1.165, 1.54) is 27.2 Å². The van der Waals surface area contributed by atoms with Crippen molar-refractivity contribution in [1.29, 1.82) is 0 Å². The van der Waals surface area contributed by atoms with E-state index < -0.39 is 10.0 Å². The highest BCUT2D eigenvalue weighted by Gasteiger charge is 2.36. The summed E-state index contributed by atoms with van der Waals surface area (Å²) in [6.45, 7) is 1.38. The first-order chi connectivity index (χ1) is 15.0. The van der Waals surface area contributed by atoms with Crippen LogP contribution in [-0.4, -0.2) is 57.9 Å². The van der Waals surface area contributed by atoms with Crippen LogP contribution in [0, 0.1) is 0 Å². The molecule has 5 rings (SSSR count). The van der Waals surface area contributed by atoms with Crippen LogP contribution >= 0.6 is 0 Å². The van der Waals surface area contributed by atoms with Crippen LogP contribution in [0.1, 0.15) is 12.8 Å². The SMILES string of the molecule is O=c1ccc(-n2ccnc2)nn1CC1CCCN1S(=O)(=O)c1ccc2c(c1)OCCO2. The third kappa shape index (κ3) is 3.70. The largest absolute Gasteiger partial charge is 0.486 e. The highest BCUT2D eigenvalue weighted by Crippen LogP contribution is 2.35. The number of hydrogen-bond acceptors (Lipinski definition) is 7. The fourth-order valence-corrected chi connectivity index (χ4v) is 5.63. The number of benzene rings is 1. The van der Waals surface area contributed by atoms with Gasteiger partial charge in [-0.15, -0.1) is 0 Å². The maximum absolute atomic E-state index is 13.4. The molecule has 1 unspecified atom stereocenters. The number of sulfonamides is 1. The molecule has 162 valence electrons. The topological polar surface area (TPSA) is 109 Å². The summed E-state index contributed by atoms with van der Waals surface area (Å²) in [5.74, 6) is 1.50. The first-order valence-electron chi connectivity index (χ1n) is 10.0. The molecule has 1 atom stereocenters. The molecular formula is C20H21N5O5S. The van der Waals surface area contributed by atoms with E-state index in [4.69, 9.17) is 9.47 Å².